The molecule has 1 saturated carbocycles. The van der Waals surface area contributed by atoms with Crippen LogP contribution in [0, 0.1) is 11.7 Å². The molecule has 2 fully saturated rings. The molecule has 1 heterocycles. The van der Waals surface area contributed by atoms with Crippen molar-refractivity contribution in [3.63, 3.8) is 0 Å². The molecule has 3 unspecified atom stereocenters. The number of amides is 3. The molecule has 1 aliphatic carbocycles. The van der Waals surface area contributed by atoms with Crippen LogP contribution in [-0.2, 0) is 17.9 Å². The van der Waals surface area contributed by atoms with Crippen LogP contribution in [0.3, 0.4) is 0 Å². The second-order valence-corrected chi connectivity index (χ2v) is 8.38. The molecule has 0 aromatic heterocycles. The van der Waals surface area contributed by atoms with E-state index in [4.69, 9.17) is 0 Å². The molecule has 6 nitrogen and oxygen atoms in total. The van der Waals surface area contributed by atoms with Gasteiger partial charge in [0, 0.05) is 19.1 Å². The Morgan fingerprint density at radius 2 is 1.77 bits per heavy atom. The van der Waals surface area contributed by atoms with Gasteiger partial charge in [-0.2, -0.15) is 0 Å². The zero-order valence-corrected chi connectivity index (χ0v) is 17.5. The Morgan fingerprint density at radius 3 is 2.55 bits per heavy atom. The summed E-state index contributed by atoms with van der Waals surface area (Å²) in [4.78, 5) is 27.3. The lowest BCUT2D eigenvalue weighted by Gasteiger charge is -2.41. The maximum Gasteiger partial charge on any atom is 0.318 e. The van der Waals surface area contributed by atoms with E-state index in [0.29, 0.717) is 19.6 Å². The van der Waals surface area contributed by atoms with E-state index >= 15 is 0 Å². The number of carbonyl (C=O) groups excluding carboxylic acids is 2. The first-order chi connectivity index (χ1) is 15.1. The summed E-state index contributed by atoms with van der Waals surface area (Å²) < 4.78 is 13.3. The molecule has 3 amide bonds. The molecule has 4 rings (SSSR count). The van der Waals surface area contributed by atoms with Crippen molar-refractivity contribution in [3.05, 3.63) is 71.5 Å². The summed E-state index contributed by atoms with van der Waals surface area (Å²) in [6.07, 6.45) is 3.78. The van der Waals surface area contributed by atoms with Gasteiger partial charge in [-0.15, -0.1) is 0 Å². The summed E-state index contributed by atoms with van der Waals surface area (Å²) >= 11 is 0. The van der Waals surface area contributed by atoms with Crippen LogP contribution in [0.2, 0.25) is 0 Å². The highest BCUT2D eigenvalue weighted by Gasteiger charge is 2.38. The van der Waals surface area contributed by atoms with Crippen LogP contribution >= 0.6 is 0 Å². The van der Waals surface area contributed by atoms with Gasteiger partial charge >= 0.3 is 6.03 Å². The van der Waals surface area contributed by atoms with Gasteiger partial charge in [-0.25, -0.2) is 9.18 Å². The fraction of sp³-hybridized carbons (Fsp3) is 0.417. The number of halogens is 1. The van der Waals surface area contributed by atoms with Crippen LogP contribution in [0.5, 0.6) is 0 Å². The minimum absolute atomic E-state index is 0.0162. The number of rotatable bonds is 6. The first kappa shape index (κ1) is 21.3. The van der Waals surface area contributed by atoms with Crippen LogP contribution in [0.15, 0.2) is 54.6 Å². The maximum atomic E-state index is 13.3. The minimum atomic E-state index is -0.312. The predicted molar refractivity (Wildman–Crippen MR) is 116 cm³/mol. The number of nitrogens with one attached hydrogen (secondary N) is 3. The van der Waals surface area contributed by atoms with Crippen LogP contribution in [0.1, 0.15) is 36.8 Å². The molecule has 1 aliphatic heterocycles. The predicted octanol–water partition coefficient (Wildman–Crippen LogP) is 3.14. The Hall–Kier alpha value is -2.93. The second-order valence-electron chi connectivity index (χ2n) is 8.38. The van der Waals surface area contributed by atoms with E-state index in [2.05, 4.69) is 16.0 Å². The third kappa shape index (κ3) is 5.61. The number of carbonyl (C=O) groups is 2. The lowest BCUT2D eigenvalue weighted by atomic mass is 9.82. The molecule has 0 radical (unpaired) electrons. The second kappa shape index (κ2) is 9.92. The number of fused-ring (bicyclic) bond motifs is 1. The van der Waals surface area contributed by atoms with Crippen molar-refractivity contribution in [2.24, 2.45) is 5.92 Å². The topological polar surface area (TPSA) is 73.5 Å². The highest BCUT2D eigenvalue weighted by atomic mass is 19.1. The molecular weight excluding hydrogens is 395 g/mol. The summed E-state index contributed by atoms with van der Waals surface area (Å²) in [5.74, 6) is -0.226. The van der Waals surface area contributed by atoms with E-state index in [0.717, 1.165) is 36.8 Å². The molecule has 2 aliphatic rings. The normalized spacial score (nSPS) is 22.9. The zero-order chi connectivity index (χ0) is 21.6. The van der Waals surface area contributed by atoms with Gasteiger partial charge < -0.3 is 15.5 Å². The van der Waals surface area contributed by atoms with Gasteiger partial charge in [0.1, 0.15) is 5.82 Å². The molecule has 0 spiro atoms. The quantitative estimate of drug-likeness (QED) is 0.667. The van der Waals surface area contributed by atoms with Crippen molar-refractivity contribution in [1.29, 1.82) is 0 Å². The van der Waals surface area contributed by atoms with E-state index in [1.165, 1.54) is 12.1 Å². The molecule has 0 bridgehead atoms. The van der Waals surface area contributed by atoms with Crippen molar-refractivity contribution in [1.82, 2.24) is 20.9 Å². The first-order valence-electron chi connectivity index (χ1n) is 11.0. The number of nitrogens with zero attached hydrogens (tertiary/aromatic N) is 1. The van der Waals surface area contributed by atoms with Gasteiger partial charge in [0.2, 0.25) is 5.91 Å². The molecule has 7 heteroatoms. The highest BCUT2D eigenvalue weighted by molar-refractivity contribution is 5.81. The molecule has 2 aromatic rings. The van der Waals surface area contributed by atoms with Crippen molar-refractivity contribution in [2.75, 3.05) is 6.54 Å². The Morgan fingerprint density at radius 1 is 1.03 bits per heavy atom. The number of benzene rings is 2. The van der Waals surface area contributed by atoms with Crippen molar-refractivity contribution < 1.29 is 14.0 Å². The third-order valence-corrected chi connectivity index (χ3v) is 6.10. The van der Waals surface area contributed by atoms with Crippen LogP contribution in [0.25, 0.3) is 0 Å². The summed E-state index contributed by atoms with van der Waals surface area (Å²) in [7, 11) is 0. The summed E-state index contributed by atoms with van der Waals surface area (Å²) in [5, 5.41) is 9.52. The fourth-order valence-electron chi connectivity index (χ4n) is 4.46. The molecule has 3 N–H and O–H groups in total. The zero-order valence-electron chi connectivity index (χ0n) is 17.5. The average Bonchev–Trinajstić information content (AvgIpc) is 2.79. The number of hydrogen-bond acceptors (Lipinski definition) is 3. The van der Waals surface area contributed by atoms with E-state index in [1.54, 1.807) is 17.0 Å². The first-order valence-corrected chi connectivity index (χ1v) is 11.0. The van der Waals surface area contributed by atoms with E-state index < -0.39 is 0 Å². The standard InChI is InChI=1S/C24H29FN4O2/c25-19-12-10-18(11-13-19)15-29(24(31)26-14-17-6-2-1-3-7-17)16-22-27-21-9-5-4-8-20(21)23(30)28-22/h1-3,6-7,10-13,20-22,27H,4-5,8-9,14-16H2,(H,26,31)(H,28,30). The van der Waals surface area contributed by atoms with Crippen molar-refractivity contribution in [3.8, 4) is 0 Å². The van der Waals surface area contributed by atoms with Gasteiger partial charge in [-0.05, 0) is 36.1 Å². The van der Waals surface area contributed by atoms with E-state index in [-0.39, 0.29) is 35.9 Å². The molecule has 164 valence electrons. The summed E-state index contributed by atoms with van der Waals surface area (Å²) in [6, 6.07) is 15.8. The fourth-order valence-corrected chi connectivity index (χ4v) is 4.46. The van der Waals surface area contributed by atoms with E-state index in [9.17, 15) is 14.0 Å². The number of urea groups is 1. The SMILES string of the molecule is O=C1NC(CN(Cc2ccc(F)cc2)C(=O)NCc2ccccc2)NC2CCCCC12. The van der Waals surface area contributed by atoms with Gasteiger partial charge in [0.15, 0.2) is 0 Å². The summed E-state index contributed by atoms with van der Waals surface area (Å²) in [6.45, 7) is 1.06. The molecule has 3 atom stereocenters. The van der Waals surface area contributed by atoms with Gasteiger partial charge in [0.05, 0.1) is 18.6 Å². The van der Waals surface area contributed by atoms with Gasteiger partial charge in [0.25, 0.3) is 0 Å². The molecular formula is C24H29FN4O2. The van der Waals surface area contributed by atoms with Crippen LogP contribution in [-0.4, -0.2) is 35.6 Å². The lowest BCUT2D eigenvalue weighted by molar-refractivity contribution is -0.131. The summed E-state index contributed by atoms with van der Waals surface area (Å²) in [5.41, 5.74) is 1.83. The van der Waals surface area contributed by atoms with Gasteiger partial charge in [-0.1, -0.05) is 55.3 Å². The largest absolute Gasteiger partial charge is 0.339 e. The smallest absolute Gasteiger partial charge is 0.318 e. The lowest BCUT2D eigenvalue weighted by Crippen LogP contribution is -2.65. The average molecular weight is 425 g/mol. The Balaban J connectivity index is 1.44. The van der Waals surface area contributed by atoms with Crippen molar-refractivity contribution in [2.45, 2.75) is 51.0 Å². The minimum Gasteiger partial charge on any atom is -0.339 e. The van der Waals surface area contributed by atoms with Crippen LogP contribution < -0.4 is 16.0 Å². The highest BCUT2D eigenvalue weighted by Crippen LogP contribution is 2.27. The maximum absolute atomic E-state index is 13.3. The molecule has 1 saturated heterocycles. The Labute approximate surface area is 182 Å². The third-order valence-electron chi connectivity index (χ3n) is 6.10. The molecule has 31 heavy (non-hydrogen) atoms. The van der Waals surface area contributed by atoms with Crippen molar-refractivity contribution >= 4 is 11.9 Å². The molecule has 2 aromatic carbocycles. The monoisotopic (exact) mass is 424 g/mol. The van der Waals surface area contributed by atoms with E-state index in [1.807, 2.05) is 30.3 Å². The Kier molecular flexibility index (Phi) is 6.82. The van der Waals surface area contributed by atoms with Crippen LogP contribution in [0.4, 0.5) is 9.18 Å². The number of hydrogen-bond donors (Lipinski definition) is 3. The van der Waals surface area contributed by atoms with Gasteiger partial charge in [-0.3, -0.25) is 10.1 Å². The Bertz CT molecular complexity index is 890.